The Morgan fingerprint density at radius 2 is 1.88 bits per heavy atom. The largest absolute Gasteiger partial charge is 0.586 e. The average molecular weight is 456 g/mol. The van der Waals surface area contributed by atoms with Gasteiger partial charge in [0.1, 0.15) is 0 Å². The number of ether oxygens (including phenoxy) is 3. The van der Waals surface area contributed by atoms with Crippen molar-refractivity contribution < 1.29 is 23.0 Å². The first kappa shape index (κ1) is 19.6. The number of fused-ring (bicyclic) bond motifs is 2. The molecule has 2 aliphatic heterocycles. The number of hydrogen-bond donors (Lipinski definition) is 1. The number of H-pyrrole nitrogens is 1. The van der Waals surface area contributed by atoms with Crippen molar-refractivity contribution in [2.24, 2.45) is 0 Å². The summed E-state index contributed by atoms with van der Waals surface area (Å²) in [7, 11) is 0. The standard InChI is InChI=1S/C22H18F2N4O3S/c23-22(24)30-17-3-1-13(10-18(17)31-22)20-16-9-14(11-25-21(16)27-26-20)19-4-2-15(32-19)12-28-5-7-29-8-6-28/h1-4,9-11H,5-8,12H2,(H,25,26,27). The molecule has 0 aliphatic carbocycles. The van der Waals surface area contributed by atoms with Crippen molar-refractivity contribution in [1.29, 1.82) is 0 Å². The van der Waals surface area contributed by atoms with Crippen molar-refractivity contribution in [3.05, 3.63) is 47.5 Å². The van der Waals surface area contributed by atoms with Crippen molar-refractivity contribution in [3.63, 3.8) is 0 Å². The van der Waals surface area contributed by atoms with Gasteiger partial charge in [0.05, 0.1) is 18.9 Å². The van der Waals surface area contributed by atoms with Gasteiger partial charge in [0, 0.05) is 52.1 Å². The van der Waals surface area contributed by atoms with Gasteiger partial charge in [0.2, 0.25) is 0 Å². The van der Waals surface area contributed by atoms with Gasteiger partial charge >= 0.3 is 6.29 Å². The summed E-state index contributed by atoms with van der Waals surface area (Å²) in [6, 6.07) is 10.9. The molecule has 10 heteroatoms. The molecule has 1 N–H and O–H groups in total. The molecule has 2 aliphatic rings. The first-order chi connectivity index (χ1) is 15.5. The number of thiophene rings is 1. The Balaban J connectivity index is 1.31. The Kier molecular flexibility index (Phi) is 4.60. The number of alkyl halides is 2. The summed E-state index contributed by atoms with van der Waals surface area (Å²) in [6.07, 6.45) is -1.85. The van der Waals surface area contributed by atoms with Gasteiger partial charge in [-0.15, -0.1) is 20.1 Å². The molecule has 0 amide bonds. The van der Waals surface area contributed by atoms with E-state index in [1.165, 1.54) is 17.0 Å². The third-order valence-electron chi connectivity index (χ3n) is 5.53. The summed E-state index contributed by atoms with van der Waals surface area (Å²) in [4.78, 5) is 9.27. The lowest BCUT2D eigenvalue weighted by atomic mass is 10.1. The summed E-state index contributed by atoms with van der Waals surface area (Å²) in [5.74, 6) is -0.00172. The third-order valence-corrected chi connectivity index (χ3v) is 6.65. The molecular weight excluding hydrogens is 438 g/mol. The first-order valence-corrected chi connectivity index (χ1v) is 11.0. The van der Waals surface area contributed by atoms with E-state index in [1.54, 1.807) is 23.6 Å². The summed E-state index contributed by atoms with van der Waals surface area (Å²) in [5, 5.41) is 8.03. The molecule has 164 valence electrons. The van der Waals surface area contributed by atoms with Gasteiger partial charge in [-0.2, -0.15) is 5.10 Å². The van der Waals surface area contributed by atoms with Crippen LogP contribution in [-0.4, -0.2) is 52.7 Å². The van der Waals surface area contributed by atoms with Crippen LogP contribution >= 0.6 is 11.3 Å². The second kappa shape index (κ2) is 7.51. The van der Waals surface area contributed by atoms with Gasteiger partial charge in [-0.25, -0.2) is 4.98 Å². The molecule has 32 heavy (non-hydrogen) atoms. The minimum Gasteiger partial charge on any atom is -0.395 e. The van der Waals surface area contributed by atoms with Gasteiger partial charge in [-0.05, 0) is 36.4 Å². The van der Waals surface area contributed by atoms with E-state index in [1.807, 2.05) is 6.07 Å². The fraction of sp³-hybridized carbons (Fsp3) is 0.273. The number of aromatic nitrogens is 3. The Labute approximate surface area is 185 Å². The molecule has 1 aromatic carbocycles. The van der Waals surface area contributed by atoms with Crippen LogP contribution in [0, 0.1) is 0 Å². The molecular formula is C22H18F2N4O3S. The number of pyridine rings is 1. The first-order valence-electron chi connectivity index (χ1n) is 10.2. The number of aromatic amines is 1. The Morgan fingerprint density at radius 1 is 1.03 bits per heavy atom. The van der Waals surface area contributed by atoms with Crippen LogP contribution in [0.3, 0.4) is 0 Å². The molecule has 0 spiro atoms. The topological polar surface area (TPSA) is 72.5 Å². The predicted octanol–water partition coefficient (Wildman–Crippen LogP) is 4.51. The smallest absolute Gasteiger partial charge is 0.395 e. The lowest BCUT2D eigenvalue weighted by Gasteiger charge is -2.25. The molecule has 4 aromatic rings. The Hall–Kier alpha value is -3.08. The van der Waals surface area contributed by atoms with Crippen LogP contribution in [0.5, 0.6) is 11.5 Å². The van der Waals surface area contributed by atoms with E-state index < -0.39 is 6.29 Å². The molecule has 6 rings (SSSR count). The Morgan fingerprint density at radius 3 is 2.75 bits per heavy atom. The van der Waals surface area contributed by atoms with E-state index in [9.17, 15) is 8.78 Å². The number of benzene rings is 1. The average Bonchev–Trinajstić information content (AvgIpc) is 3.49. The fourth-order valence-corrected chi connectivity index (χ4v) is 4.99. The lowest BCUT2D eigenvalue weighted by molar-refractivity contribution is -0.286. The Bertz CT molecular complexity index is 1300. The lowest BCUT2D eigenvalue weighted by Crippen LogP contribution is -2.35. The molecule has 0 saturated carbocycles. The number of halogens is 2. The zero-order valence-corrected chi connectivity index (χ0v) is 17.6. The normalized spacial score (nSPS) is 17.8. The zero-order valence-electron chi connectivity index (χ0n) is 16.8. The maximum atomic E-state index is 13.4. The third kappa shape index (κ3) is 3.60. The highest BCUT2D eigenvalue weighted by Gasteiger charge is 2.43. The zero-order chi connectivity index (χ0) is 21.7. The van der Waals surface area contributed by atoms with Gasteiger partial charge < -0.3 is 14.2 Å². The van der Waals surface area contributed by atoms with Crippen LogP contribution in [0.25, 0.3) is 32.7 Å². The quantitative estimate of drug-likeness (QED) is 0.487. The summed E-state index contributed by atoms with van der Waals surface area (Å²) >= 11 is 1.74. The van der Waals surface area contributed by atoms with Crippen LogP contribution in [0.15, 0.2) is 42.6 Å². The van der Waals surface area contributed by atoms with Crippen molar-refractivity contribution >= 4 is 22.4 Å². The highest BCUT2D eigenvalue weighted by molar-refractivity contribution is 7.15. The number of nitrogens with one attached hydrogen (secondary N) is 1. The second-order valence-corrected chi connectivity index (χ2v) is 8.85. The fourth-order valence-electron chi connectivity index (χ4n) is 3.96. The summed E-state index contributed by atoms with van der Waals surface area (Å²) in [6.45, 7) is 4.35. The van der Waals surface area contributed by atoms with Crippen LogP contribution in [0.1, 0.15) is 4.88 Å². The predicted molar refractivity (Wildman–Crippen MR) is 115 cm³/mol. The van der Waals surface area contributed by atoms with Crippen molar-refractivity contribution in [2.75, 3.05) is 26.3 Å². The van der Waals surface area contributed by atoms with Crippen molar-refractivity contribution in [2.45, 2.75) is 12.8 Å². The monoisotopic (exact) mass is 456 g/mol. The minimum absolute atomic E-state index is 0.00719. The maximum absolute atomic E-state index is 13.4. The molecule has 0 atom stereocenters. The molecule has 7 nitrogen and oxygen atoms in total. The van der Waals surface area contributed by atoms with Gasteiger partial charge in [0.25, 0.3) is 0 Å². The van der Waals surface area contributed by atoms with E-state index in [-0.39, 0.29) is 11.5 Å². The molecule has 0 radical (unpaired) electrons. The van der Waals surface area contributed by atoms with Crippen LogP contribution in [0.2, 0.25) is 0 Å². The highest BCUT2D eigenvalue weighted by atomic mass is 32.1. The van der Waals surface area contributed by atoms with Gasteiger partial charge in [-0.3, -0.25) is 10.00 Å². The summed E-state index contributed by atoms with van der Waals surface area (Å²) < 4.78 is 41.2. The summed E-state index contributed by atoms with van der Waals surface area (Å²) in [5.41, 5.74) is 2.87. The van der Waals surface area contributed by atoms with Crippen LogP contribution in [0.4, 0.5) is 8.78 Å². The van der Waals surface area contributed by atoms with Crippen molar-refractivity contribution in [3.8, 4) is 33.2 Å². The number of nitrogens with zero attached hydrogens (tertiary/aromatic N) is 3. The van der Waals surface area contributed by atoms with Gasteiger partial charge in [0.15, 0.2) is 17.1 Å². The number of hydrogen-bond acceptors (Lipinski definition) is 7. The van der Waals surface area contributed by atoms with E-state index in [0.29, 0.717) is 16.9 Å². The molecule has 0 unspecified atom stereocenters. The SMILES string of the molecule is FC1(F)Oc2ccc(-c3[nH]nc4ncc(-c5ccc(CN6CCOCC6)s5)cc34)cc2O1. The van der Waals surface area contributed by atoms with Crippen LogP contribution < -0.4 is 9.47 Å². The molecule has 1 fully saturated rings. The highest BCUT2D eigenvalue weighted by Crippen LogP contribution is 2.43. The van der Waals surface area contributed by atoms with E-state index in [2.05, 4.69) is 41.7 Å². The van der Waals surface area contributed by atoms with Crippen molar-refractivity contribution in [1.82, 2.24) is 20.1 Å². The maximum Gasteiger partial charge on any atom is 0.586 e. The molecule has 1 saturated heterocycles. The number of rotatable bonds is 4. The van der Waals surface area contributed by atoms with E-state index >= 15 is 0 Å². The molecule has 0 bridgehead atoms. The second-order valence-electron chi connectivity index (χ2n) is 7.68. The minimum atomic E-state index is -3.65. The molecule has 3 aromatic heterocycles. The van der Waals surface area contributed by atoms with E-state index in [0.717, 1.165) is 48.7 Å². The van der Waals surface area contributed by atoms with Gasteiger partial charge in [-0.1, -0.05) is 0 Å². The molecule has 5 heterocycles. The van der Waals surface area contributed by atoms with Crippen LogP contribution in [-0.2, 0) is 11.3 Å². The van der Waals surface area contributed by atoms with E-state index in [4.69, 9.17) is 4.74 Å². The number of morpholine rings is 1.